The van der Waals surface area contributed by atoms with E-state index in [0.29, 0.717) is 0 Å². The van der Waals surface area contributed by atoms with Crippen LogP contribution in [0.2, 0.25) is 0 Å². The second kappa shape index (κ2) is 8.14. The molecule has 0 aliphatic rings. The number of hydrogen-bond donors (Lipinski definition) is 0. The van der Waals surface area contributed by atoms with Gasteiger partial charge in [-0.15, -0.1) is 0 Å². The molecule has 3 aromatic rings. The summed E-state index contributed by atoms with van der Waals surface area (Å²) in [6, 6.07) is 26.9. The molecule has 0 saturated carbocycles. The molecular weight excluding hydrogens is 348 g/mol. The largest absolute Gasteiger partial charge is 0.286 e. The Hall–Kier alpha value is -2.32. The quantitative estimate of drug-likeness (QED) is 0.435. The minimum absolute atomic E-state index is 0.207. The van der Waals surface area contributed by atoms with Gasteiger partial charge < -0.3 is 0 Å². The van der Waals surface area contributed by atoms with Crippen LogP contribution in [0.3, 0.4) is 0 Å². The number of carbonyl (C=O) groups is 1. The Bertz CT molecular complexity index is 854. The molecule has 0 spiro atoms. The van der Waals surface area contributed by atoms with Gasteiger partial charge in [-0.05, 0) is 28.2 Å². The standard InChI is InChI=1S/C25H26OS/c1-18(2)25(3,4)24(26)27-23-21(19-12-7-5-8-13-19)16-11-17-22(23)20-14-9-6-10-15-20/h5-18H,1-4H3. The highest BCUT2D eigenvalue weighted by atomic mass is 32.2. The van der Waals surface area contributed by atoms with Crippen molar-refractivity contribution in [3.8, 4) is 22.3 Å². The summed E-state index contributed by atoms with van der Waals surface area (Å²) in [7, 11) is 0. The van der Waals surface area contributed by atoms with Crippen molar-refractivity contribution in [3.63, 3.8) is 0 Å². The van der Waals surface area contributed by atoms with E-state index < -0.39 is 0 Å². The molecule has 0 aromatic heterocycles. The van der Waals surface area contributed by atoms with Crippen LogP contribution in [0.15, 0.2) is 83.8 Å². The molecule has 0 heterocycles. The number of carbonyl (C=O) groups excluding carboxylic acids is 1. The van der Waals surface area contributed by atoms with Crippen LogP contribution < -0.4 is 0 Å². The van der Waals surface area contributed by atoms with Crippen molar-refractivity contribution in [2.24, 2.45) is 11.3 Å². The van der Waals surface area contributed by atoms with E-state index in [1.54, 1.807) is 0 Å². The first-order valence-corrected chi connectivity index (χ1v) is 10.2. The van der Waals surface area contributed by atoms with Gasteiger partial charge in [-0.3, -0.25) is 4.79 Å². The molecule has 1 nitrogen and oxygen atoms in total. The SMILES string of the molecule is CC(C)C(C)(C)C(=O)Sc1c(-c2ccccc2)cccc1-c1ccccc1. The van der Waals surface area contributed by atoms with Crippen LogP contribution >= 0.6 is 11.8 Å². The average molecular weight is 375 g/mol. The highest BCUT2D eigenvalue weighted by Gasteiger charge is 2.32. The molecule has 0 radical (unpaired) electrons. The fourth-order valence-electron chi connectivity index (χ4n) is 2.80. The van der Waals surface area contributed by atoms with Gasteiger partial charge in [-0.1, -0.05) is 118 Å². The molecule has 138 valence electrons. The molecule has 2 heteroatoms. The first-order chi connectivity index (χ1) is 12.9. The first-order valence-electron chi connectivity index (χ1n) is 9.37. The summed E-state index contributed by atoms with van der Waals surface area (Å²) in [6.45, 7) is 8.31. The van der Waals surface area contributed by atoms with Crippen molar-refractivity contribution < 1.29 is 4.79 Å². The minimum atomic E-state index is -0.386. The summed E-state index contributed by atoms with van der Waals surface area (Å²) in [6.07, 6.45) is 0. The molecule has 0 atom stereocenters. The van der Waals surface area contributed by atoms with Gasteiger partial charge in [0, 0.05) is 10.3 Å². The average Bonchev–Trinajstić information content (AvgIpc) is 2.69. The Morgan fingerprint density at radius 1 is 0.741 bits per heavy atom. The third-order valence-electron chi connectivity index (χ3n) is 5.35. The number of benzene rings is 3. The van der Waals surface area contributed by atoms with E-state index in [2.05, 4.69) is 56.3 Å². The molecule has 0 fully saturated rings. The van der Waals surface area contributed by atoms with Gasteiger partial charge in [0.1, 0.15) is 0 Å². The Labute approximate surface area is 166 Å². The van der Waals surface area contributed by atoms with E-state index in [1.807, 2.05) is 50.2 Å². The van der Waals surface area contributed by atoms with Gasteiger partial charge >= 0.3 is 0 Å². The van der Waals surface area contributed by atoms with Gasteiger partial charge in [-0.2, -0.15) is 0 Å². The van der Waals surface area contributed by atoms with Gasteiger partial charge in [0.05, 0.1) is 0 Å². The summed E-state index contributed by atoms with van der Waals surface area (Å²) in [5.41, 5.74) is 4.09. The van der Waals surface area contributed by atoms with E-state index in [-0.39, 0.29) is 16.4 Å². The molecule has 0 N–H and O–H groups in total. The van der Waals surface area contributed by atoms with Crippen LogP contribution in [0.5, 0.6) is 0 Å². The second-order valence-corrected chi connectivity index (χ2v) is 8.66. The van der Waals surface area contributed by atoms with Gasteiger partial charge in [0.25, 0.3) is 0 Å². The Balaban J connectivity index is 2.15. The van der Waals surface area contributed by atoms with Crippen molar-refractivity contribution in [1.29, 1.82) is 0 Å². The smallest absolute Gasteiger partial charge is 0.199 e. The molecule has 3 rings (SSSR count). The van der Waals surface area contributed by atoms with Gasteiger partial charge in [0.2, 0.25) is 0 Å². The van der Waals surface area contributed by atoms with E-state index in [4.69, 9.17) is 0 Å². The van der Waals surface area contributed by atoms with E-state index >= 15 is 0 Å². The highest BCUT2D eigenvalue weighted by molar-refractivity contribution is 8.14. The summed E-state index contributed by atoms with van der Waals surface area (Å²) in [5, 5.41) is 0.207. The second-order valence-electron chi connectivity index (χ2n) is 7.68. The lowest BCUT2D eigenvalue weighted by molar-refractivity contribution is -0.120. The van der Waals surface area contributed by atoms with Crippen LogP contribution in [0, 0.1) is 11.3 Å². The van der Waals surface area contributed by atoms with Crippen LogP contribution in [0.4, 0.5) is 0 Å². The molecule has 0 amide bonds. The first kappa shape index (κ1) is 19.4. The molecule has 0 bridgehead atoms. The van der Waals surface area contributed by atoms with E-state index in [0.717, 1.165) is 27.1 Å². The zero-order chi connectivity index (χ0) is 19.4. The van der Waals surface area contributed by atoms with Crippen molar-refractivity contribution in [2.75, 3.05) is 0 Å². The van der Waals surface area contributed by atoms with Crippen molar-refractivity contribution in [1.82, 2.24) is 0 Å². The zero-order valence-electron chi connectivity index (χ0n) is 16.4. The van der Waals surface area contributed by atoms with Gasteiger partial charge in [0.15, 0.2) is 5.12 Å². The predicted octanol–water partition coefficient (Wildman–Crippen LogP) is 7.32. The molecule has 3 aromatic carbocycles. The number of thioether (sulfide) groups is 1. The molecule has 0 unspecified atom stereocenters. The molecule has 0 aliphatic heterocycles. The fourth-order valence-corrected chi connectivity index (χ4v) is 4.07. The summed E-state index contributed by atoms with van der Waals surface area (Å²) >= 11 is 1.38. The summed E-state index contributed by atoms with van der Waals surface area (Å²) in [5.74, 6) is 0.279. The lowest BCUT2D eigenvalue weighted by Crippen LogP contribution is -2.27. The summed E-state index contributed by atoms with van der Waals surface area (Å²) in [4.78, 5) is 14.2. The maximum Gasteiger partial charge on any atom is 0.199 e. The normalized spacial score (nSPS) is 11.6. The minimum Gasteiger partial charge on any atom is -0.286 e. The lowest BCUT2D eigenvalue weighted by Gasteiger charge is -2.27. The molecule has 0 saturated heterocycles. The maximum atomic E-state index is 13.2. The highest BCUT2D eigenvalue weighted by Crippen LogP contribution is 2.43. The van der Waals surface area contributed by atoms with Crippen LogP contribution in [-0.4, -0.2) is 5.12 Å². The fraction of sp³-hybridized carbons (Fsp3) is 0.240. The van der Waals surface area contributed by atoms with Crippen LogP contribution in [-0.2, 0) is 4.79 Å². The van der Waals surface area contributed by atoms with Crippen molar-refractivity contribution in [2.45, 2.75) is 32.6 Å². The Morgan fingerprint density at radius 2 is 1.19 bits per heavy atom. The van der Waals surface area contributed by atoms with Crippen LogP contribution in [0.1, 0.15) is 27.7 Å². The van der Waals surface area contributed by atoms with E-state index in [9.17, 15) is 4.79 Å². The molecular formula is C25H26OS. The van der Waals surface area contributed by atoms with Crippen LogP contribution in [0.25, 0.3) is 22.3 Å². The van der Waals surface area contributed by atoms with Gasteiger partial charge in [-0.25, -0.2) is 0 Å². The number of rotatable bonds is 5. The molecule has 27 heavy (non-hydrogen) atoms. The predicted molar refractivity (Wildman–Crippen MR) is 117 cm³/mol. The van der Waals surface area contributed by atoms with Crippen molar-refractivity contribution >= 4 is 16.9 Å². The maximum absolute atomic E-state index is 13.2. The molecule has 0 aliphatic carbocycles. The summed E-state index contributed by atoms with van der Waals surface area (Å²) < 4.78 is 0. The zero-order valence-corrected chi connectivity index (χ0v) is 17.2. The monoisotopic (exact) mass is 374 g/mol. The third kappa shape index (κ3) is 4.17. The topological polar surface area (TPSA) is 17.1 Å². The van der Waals surface area contributed by atoms with Crippen molar-refractivity contribution in [3.05, 3.63) is 78.9 Å². The Morgan fingerprint density at radius 3 is 1.59 bits per heavy atom. The Kier molecular flexibility index (Phi) is 5.86. The van der Waals surface area contributed by atoms with E-state index in [1.165, 1.54) is 11.8 Å². The third-order valence-corrected chi connectivity index (χ3v) is 6.70. The number of hydrogen-bond acceptors (Lipinski definition) is 2. The lowest BCUT2D eigenvalue weighted by atomic mass is 9.83.